The maximum Gasteiger partial charge on any atom is 0.309 e. The molecular weight excluding hydrogens is 180 g/mol. The molecule has 1 aliphatic carbocycles. The second kappa shape index (κ2) is 3.73. The quantitative estimate of drug-likeness (QED) is 0.703. The topological polar surface area (TPSA) is 46.5 Å². The third-order valence-corrected chi connectivity index (χ3v) is 2.76. The molecule has 0 saturated heterocycles. The fourth-order valence-electron chi connectivity index (χ4n) is 1.67. The molecule has 3 heteroatoms. The number of allylic oxidation sites excluding steroid dienone is 1. The van der Waals surface area contributed by atoms with Crippen molar-refractivity contribution in [3.05, 3.63) is 11.6 Å². The molecule has 0 aromatic heterocycles. The Bertz CT molecular complexity index is 262. The van der Waals surface area contributed by atoms with Gasteiger partial charge in [-0.3, -0.25) is 4.79 Å². The van der Waals surface area contributed by atoms with Crippen LogP contribution in [0.5, 0.6) is 0 Å². The fourth-order valence-corrected chi connectivity index (χ4v) is 1.67. The van der Waals surface area contributed by atoms with Crippen molar-refractivity contribution in [2.24, 2.45) is 11.3 Å². The van der Waals surface area contributed by atoms with Crippen LogP contribution in [-0.4, -0.2) is 23.8 Å². The number of carboxylic acid groups (broad SMARTS) is 1. The minimum atomic E-state index is -0.753. The normalized spacial score (nSPS) is 28.3. The Morgan fingerprint density at radius 3 is 2.43 bits per heavy atom. The van der Waals surface area contributed by atoms with Crippen molar-refractivity contribution < 1.29 is 14.6 Å². The summed E-state index contributed by atoms with van der Waals surface area (Å²) in [5, 5.41) is 8.87. The lowest BCUT2D eigenvalue weighted by atomic mass is 10.1. The molecule has 0 aromatic carbocycles. The molecule has 0 aromatic rings. The van der Waals surface area contributed by atoms with E-state index in [0.717, 1.165) is 0 Å². The number of carbonyl (C=O) groups is 1. The average molecular weight is 198 g/mol. The van der Waals surface area contributed by atoms with Crippen molar-refractivity contribution in [1.82, 2.24) is 0 Å². The highest BCUT2D eigenvalue weighted by molar-refractivity contribution is 5.76. The van der Waals surface area contributed by atoms with Gasteiger partial charge in [-0.15, -0.1) is 0 Å². The summed E-state index contributed by atoms with van der Waals surface area (Å²) in [4.78, 5) is 10.8. The molecule has 0 radical (unpaired) electrons. The maximum atomic E-state index is 10.8. The highest BCUT2D eigenvalue weighted by Gasteiger charge is 2.63. The van der Waals surface area contributed by atoms with Crippen molar-refractivity contribution in [3.63, 3.8) is 0 Å². The summed E-state index contributed by atoms with van der Waals surface area (Å²) in [5.74, 6) is -1.09. The highest BCUT2D eigenvalue weighted by Crippen LogP contribution is 2.54. The second-order valence-electron chi connectivity index (χ2n) is 4.67. The first-order chi connectivity index (χ1) is 6.37. The Labute approximate surface area is 84.8 Å². The van der Waals surface area contributed by atoms with Crippen LogP contribution in [0.15, 0.2) is 11.6 Å². The van der Waals surface area contributed by atoms with E-state index < -0.39 is 5.97 Å². The summed E-state index contributed by atoms with van der Waals surface area (Å²) in [7, 11) is 0. The Balaban J connectivity index is 2.42. The summed E-state index contributed by atoms with van der Waals surface area (Å²) in [6.45, 7) is 8.37. The van der Waals surface area contributed by atoms with Crippen molar-refractivity contribution >= 4 is 5.97 Å². The second-order valence-corrected chi connectivity index (χ2v) is 4.67. The predicted octanol–water partition coefficient (Wildman–Crippen LogP) is 2.08. The van der Waals surface area contributed by atoms with Gasteiger partial charge in [0.2, 0.25) is 0 Å². The minimum absolute atomic E-state index is 0.129. The van der Waals surface area contributed by atoms with E-state index in [-0.39, 0.29) is 17.4 Å². The van der Waals surface area contributed by atoms with Gasteiger partial charge in [0.05, 0.1) is 18.6 Å². The molecule has 14 heavy (non-hydrogen) atoms. The standard InChI is InChI=1S/C11H18O3/c1-7(2)5-6-14-9-8(10(12)13)11(9,3)4/h5,8-9H,6H2,1-4H3,(H,12,13). The third-order valence-electron chi connectivity index (χ3n) is 2.76. The van der Waals surface area contributed by atoms with E-state index in [4.69, 9.17) is 9.84 Å². The van der Waals surface area contributed by atoms with Gasteiger partial charge in [-0.1, -0.05) is 25.5 Å². The van der Waals surface area contributed by atoms with E-state index in [1.165, 1.54) is 5.57 Å². The lowest BCUT2D eigenvalue weighted by Crippen LogP contribution is -2.05. The van der Waals surface area contributed by atoms with Gasteiger partial charge >= 0.3 is 5.97 Å². The minimum Gasteiger partial charge on any atom is -0.481 e. The van der Waals surface area contributed by atoms with Gasteiger partial charge in [0.25, 0.3) is 0 Å². The van der Waals surface area contributed by atoms with E-state index >= 15 is 0 Å². The van der Waals surface area contributed by atoms with E-state index in [1.807, 2.05) is 33.8 Å². The van der Waals surface area contributed by atoms with Crippen LogP contribution >= 0.6 is 0 Å². The van der Waals surface area contributed by atoms with Crippen LogP contribution in [0, 0.1) is 11.3 Å². The van der Waals surface area contributed by atoms with E-state index in [2.05, 4.69) is 0 Å². The van der Waals surface area contributed by atoms with Crippen molar-refractivity contribution in [1.29, 1.82) is 0 Å². The number of hydrogen-bond donors (Lipinski definition) is 1. The van der Waals surface area contributed by atoms with Gasteiger partial charge in [0.1, 0.15) is 0 Å². The fraction of sp³-hybridized carbons (Fsp3) is 0.727. The molecule has 1 rings (SSSR count). The summed E-state index contributed by atoms with van der Waals surface area (Å²) in [5.41, 5.74) is 0.983. The maximum absolute atomic E-state index is 10.8. The van der Waals surface area contributed by atoms with Crippen LogP contribution in [0.1, 0.15) is 27.7 Å². The van der Waals surface area contributed by atoms with Crippen LogP contribution < -0.4 is 0 Å². The van der Waals surface area contributed by atoms with Gasteiger partial charge in [-0.25, -0.2) is 0 Å². The molecule has 2 unspecified atom stereocenters. The lowest BCUT2D eigenvalue weighted by molar-refractivity contribution is -0.140. The van der Waals surface area contributed by atoms with Gasteiger partial charge in [-0.2, -0.15) is 0 Å². The molecule has 1 aliphatic rings. The van der Waals surface area contributed by atoms with Crippen molar-refractivity contribution in [2.75, 3.05) is 6.61 Å². The number of ether oxygens (including phenoxy) is 1. The zero-order valence-corrected chi connectivity index (χ0v) is 9.20. The molecule has 80 valence electrons. The monoisotopic (exact) mass is 198 g/mol. The van der Waals surface area contributed by atoms with Crippen LogP contribution in [0.4, 0.5) is 0 Å². The molecule has 1 saturated carbocycles. The predicted molar refractivity (Wildman–Crippen MR) is 54.1 cm³/mol. The average Bonchev–Trinajstić information content (AvgIpc) is 2.52. The van der Waals surface area contributed by atoms with Gasteiger partial charge in [0, 0.05) is 5.41 Å². The molecule has 0 aliphatic heterocycles. The van der Waals surface area contributed by atoms with E-state index in [9.17, 15) is 4.79 Å². The van der Waals surface area contributed by atoms with Crippen molar-refractivity contribution in [3.8, 4) is 0 Å². The molecule has 0 spiro atoms. The van der Waals surface area contributed by atoms with Crippen LogP contribution in [0.3, 0.4) is 0 Å². The molecule has 3 nitrogen and oxygen atoms in total. The first kappa shape index (κ1) is 11.2. The Morgan fingerprint density at radius 2 is 2.07 bits per heavy atom. The summed E-state index contributed by atoms with van der Waals surface area (Å²) >= 11 is 0. The Morgan fingerprint density at radius 1 is 1.50 bits per heavy atom. The lowest BCUT2D eigenvalue weighted by Gasteiger charge is -2.01. The molecule has 0 amide bonds. The van der Waals surface area contributed by atoms with Crippen LogP contribution in [0.25, 0.3) is 0 Å². The SMILES string of the molecule is CC(C)=CCOC1C(C(=O)O)C1(C)C. The summed E-state index contributed by atoms with van der Waals surface area (Å²) in [6.07, 6.45) is 1.84. The molecule has 0 bridgehead atoms. The van der Waals surface area contributed by atoms with Crippen molar-refractivity contribution in [2.45, 2.75) is 33.8 Å². The zero-order chi connectivity index (χ0) is 10.9. The molecule has 1 fully saturated rings. The van der Waals surface area contributed by atoms with Crippen LogP contribution in [0.2, 0.25) is 0 Å². The third kappa shape index (κ3) is 2.15. The first-order valence-corrected chi connectivity index (χ1v) is 4.85. The molecule has 2 atom stereocenters. The zero-order valence-electron chi connectivity index (χ0n) is 9.20. The number of hydrogen-bond acceptors (Lipinski definition) is 2. The molecule has 1 N–H and O–H groups in total. The first-order valence-electron chi connectivity index (χ1n) is 4.85. The highest BCUT2D eigenvalue weighted by atomic mass is 16.5. The smallest absolute Gasteiger partial charge is 0.309 e. The Kier molecular flexibility index (Phi) is 3.00. The number of aliphatic carboxylic acids is 1. The number of rotatable bonds is 4. The summed E-state index contributed by atoms with van der Waals surface area (Å²) < 4.78 is 5.50. The molecule has 0 heterocycles. The van der Waals surface area contributed by atoms with E-state index in [1.54, 1.807) is 0 Å². The van der Waals surface area contributed by atoms with Gasteiger partial charge in [0.15, 0.2) is 0 Å². The van der Waals surface area contributed by atoms with E-state index in [0.29, 0.717) is 6.61 Å². The van der Waals surface area contributed by atoms with Crippen LogP contribution in [-0.2, 0) is 9.53 Å². The number of carboxylic acids is 1. The Hall–Kier alpha value is -0.830. The van der Waals surface area contributed by atoms with Gasteiger partial charge < -0.3 is 9.84 Å². The molecular formula is C11H18O3. The van der Waals surface area contributed by atoms with Gasteiger partial charge in [-0.05, 0) is 13.8 Å². The summed E-state index contributed by atoms with van der Waals surface area (Å²) in [6, 6.07) is 0. The largest absolute Gasteiger partial charge is 0.481 e.